The largest absolute Gasteiger partial charge is 0.497 e. The second-order valence-corrected chi connectivity index (χ2v) is 7.74. The Labute approximate surface area is 164 Å². The highest BCUT2D eigenvalue weighted by Gasteiger charge is 2.29. The molecule has 0 radical (unpaired) electrons. The summed E-state index contributed by atoms with van der Waals surface area (Å²) >= 11 is 0. The Balaban J connectivity index is 1.36. The van der Waals surface area contributed by atoms with Gasteiger partial charge in [0.1, 0.15) is 17.4 Å². The van der Waals surface area contributed by atoms with E-state index < -0.39 is 0 Å². The van der Waals surface area contributed by atoms with Crippen molar-refractivity contribution in [1.82, 2.24) is 14.9 Å². The van der Waals surface area contributed by atoms with Crippen molar-refractivity contribution in [3.05, 3.63) is 70.8 Å². The van der Waals surface area contributed by atoms with Crippen LogP contribution in [0.15, 0.2) is 42.5 Å². The number of rotatable bonds is 3. The lowest BCUT2D eigenvalue weighted by Gasteiger charge is -2.37. The van der Waals surface area contributed by atoms with Crippen LogP contribution in [0.1, 0.15) is 28.9 Å². The van der Waals surface area contributed by atoms with Gasteiger partial charge in [0.15, 0.2) is 0 Å². The quantitative estimate of drug-likeness (QED) is 0.746. The number of nitrogens with one attached hydrogen (secondary N) is 1. The first kappa shape index (κ1) is 17.4. The summed E-state index contributed by atoms with van der Waals surface area (Å²) < 4.78 is 19.5. The molecule has 0 saturated heterocycles. The number of hydrogen-bond donors (Lipinski definition) is 1. The van der Waals surface area contributed by atoms with E-state index in [9.17, 15) is 4.39 Å². The van der Waals surface area contributed by atoms with E-state index in [2.05, 4.69) is 33.1 Å². The molecule has 0 fully saturated rings. The monoisotopic (exact) mass is 377 g/mol. The third-order valence-electron chi connectivity index (χ3n) is 6.12. The molecule has 28 heavy (non-hydrogen) atoms. The molecule has 2 heterocycles. The van der Waals surface area contributed by atoms with Gasteiger partial charge in [-0.25, -0.2) is 9.37 Å². The van der Waals surface area contributed by atoms with Gasteiger partial charge in [0, 0.05) is 25.6 Å². The number of benzene rings is 2. The molecule has 5 heteroatoms. The first-order valence-electron chi connectivity index (χ1n) is 9.94. The molecule has 4 nitrogen and oxygen atoms in total. The van der Waals surface area contributed by atoms with Crippen molar-refractivity contribution >= 4 is 0 Å². The Morgan fingerprint density at radius 2 is 2.04 bits per heavy atom. The predicted molar refractivity (Wildman–Crippen MR) is 107 cm³/mol. The highest BCUT2D eigenvalue weighted by atomic mass is 19.1. The molecule has 1 unspecified atom stereocenters. The van der Waals surface area contributed by atoms with E-state index in [-0.39, 0.29) is 5.82 Å². The maximum atomic E-state index is 14.1. The lowest BCUT2D eigenvalue weighted by Crippen LogP contribution is -2.42. The second kappa shape index (κ2) is 7.06. The zero-order chi connectivity index (χ0) is 19.1. The average molecular weight is 377 g/mol. The molecule has 2 aromatic carbocycles. The molecule has 5 rings (SSSR count). The molecule has 0 bridgehead atoms. The summed E-state index contributed by atoms with van der Waals surface area (Å²) in [5, 5.41) is 0. The number of methoxy groups -OCH3 is 1. The molecular formula is C23H24FN3O. The minimum atomic E-state index is -0.233. The normalized spacial score (nSPS) is 19.1. The number of halogens is 1. The number of imidazole rings is 1. The van der Waals surface area contributed by atoms with Gasteiger partial charge in [-0.2, -0.15) is 0 Å². The maximum absolute atomic E-state index is 14.1. The Morgan fingerprint density at radius 1 is 1.14 bits per heavy atom. The fraction of sp³-hybridized carbons (Fsp3) is 0.348. The van der Waals surface area contributed by atoms with Gasteiger partial charge < -0.3 is 9.72 Å². The van der Waals surface area contributed by atoms with Gasteiger partial charge in [0.25, 0.3) is 0 Å². The Kier molecular flexibility index (Phi) is 4.40. The number of fused-ring (bicyclic) bond motifs is 2. The first-order valence-corrected chi connectivity index (χ1v) is 9.94. The second-order valence-electron chi connectivity index (χ2n) is 7.74. The minimum absolute atomic E-state index is 0.233. The van der Waals surface area contributed by atoms with Crippen LogP contribution in [0.5, 0.6) is 5.75 Å². The van der Waals surface area contributed by atoms with Crippen molar-refractivity contribution in [1.29, 1.82) is 0 Å². The molecule has 1 aliphatic heterocycles. The van der Waals surface area contributed by atoms with E-state index in [0.29, 0.717) is 17.4 Å². The number of aromatic amines is 1. The van der Waals surface area contributed by atoms with Crippen molar-refractivity contribution in [2.45, 2.75) is 38.3 Å². The topological polar surface area (TPSA) is 41.1 Å². The molecule has 0 amide bonds. The van der Waals surface area contributed by atoms with Crippen molar-refractivity contribution in [3.63, 3.8) is 0 Å². The third-order valence-corrected chi connectivity index (χ3v) is 6.12. The summed E-state index contributed by atoms with van der Waals surface area (Å²) in [7, 11) is 1.72. The van der Waals surface area contributed by atoms with E-state index in [0.717, 1.165) is 49.5 Å². The van der Waals surface area contributed by atoms with Gasteiger partial charge in [0.2, 0.25) is 0 Å². The van der Waals surface area contributed by atoms with Gasteiger partial charge in [-0.3, -0.25) is 4.90 Å². The lowest BCUT2D eigenvalue weighted by molar-refractivity contribution is 0.160. The molecule has 2 aliphatic rings. The van der Waals surface area contributed by atoms with Crippen LogP contribution in [0.3, 0.4) is 0 Å². The molecule has 1 atom stereocenters. The molecule has 1 aromatic heterocycles. The van der Waals surface area contributed by atoms with E-state index in [4.69, 9.17) is 4.74 Å². The number of H-pyrrole nitrogens is 1. The zero-order valence-electron chi connectivity index (χ0n) is 16.0. The zero-order valence-corrected chi connectivity index (χ0v) is 16.0. The van der Waals surface area contributed by atoms with Crippen LogP contribution in [0.4, 0.5) is 4.39 Å². The van der Waals surface area contributed by atoms with E-state index in [1.165, 1.54) is 23.6 Å². The highest BCUT2D eigenvalue weighted by Crippen LogP contribution is 2.31. The molecular weight excluding hydrogens is 353 g/mol. The van der Waals surface area contributed by atoms with Gasteiger partial charge >= 0.3 is 0 Å². The average Bonchev–Trinajstić information content (AvgIpc) is 3.16. The number of aromatic nitrogens is 2. The summed E-state index contributed by atoms with van der Waals surface area (Å²) in [5.74, 6) is 1.34. The van der Waals surface area contributed by atoms with Gasteiger partial charge in [0.05, 0.1) is 24.1 Å². The Bertz CT molecular complexity index is 1010. The number of ether oxygens (including phenoxy) is 1. The summed E-state index contributed by atoms with van der Waals surface area (Å²) in [6.07, 6.45) is 4.23. The van der Waals surface area contributed by atoms with Crippen LogP contribution >= 0.6 is 0 Å². The van der Waals surface area contributed by atoms with Crippen LogP contribution in [-0.4, -0.2) is 34.6 Å². The van der Waals surface area contributed by atoms with Crippen molar-refractivity contribution in [2.75, 3.05) is 13.7 Å². The summed E-state index contributed by atoms with van der Waals surface area (Å²) in [6, 6.07) is 13.8. The molecule has 0 spiro atoms. The maximum Gasteiger partial charge on any atom is 0.140 e. The lowest BCUT2D eigenvalue weighted by atomic mass is 9.86. The Hall–Kier alpha value is -2.66. The first-order chi connectivity index (χ1) is 13.7. The smallest absolute Gasteiger partial charge is 0.140 e. The number of nitrogens with zero attached hydrogens (tertiary/aromatic N) is 2. The Morgan fingerprint density at radius 3 is 2.89 bits per heavy atom. The van der Waals surface area contributed by atoms with Crippen LogP contribution in [0, 0.1) is 5.82 Å². The van der Waals surface area contributed by atoms with Gasteiger partial charge in [-0.15, -0.1) is 0 Å². The van der Waals surface area contributed by atoms with Crippen LogP contribution in [-0.2, 0) is 25.8 Å². The van der Waals surface area contributed by atoms with Gasteiger partial charge in [-0.1, -0.05) is 18.2 Å². The van der Waals surface area contributed by atoms with Crippen LogP contribution in [0.25, 0.3) is 11.4 Å². The van der Waals surface area contributed by atoms with Gasteiger partial charge in [-0.05, 0) is 54.7 Å². The molecule has 0 saturated carbocycles. The standard InChI is InChI=1S/C23H24FN3O/c1-28-18-9-7-15-6-8-17(12-16(15)13-18)27-11-10-21-22(14-27)26-23(25-21)19-4-2-3-5-20(19)24/h2-5,7,9,13,17H,6,8,10-12,14H2,1H3,(H,25,26). The number of hydrogen-bond acceptors (Lipinski definition) is 3. The predicted octanol–water partition coefficient (Wildman–Crippen LogP) is 4.14. The van der Waals surface area contributed by atoms with Crippen LogP contribution in [0.2, 0.25) is 0 Å². The summed E-state index contributed by atoms with van der Waals surface area (Å²) in [4.78, 5) is 10.6. The van der Waals surface area contributed by atoms with E-state index in [1.54, 1.807) is 19.2 Å². The van der Waals surface area contributed by atoms with Crippen LogP contribution < -0.4 is 4.74 Å². The number of aryl methyl sites for hydroxylation is 1. The SMILES string of the molecule is COc1ccc2c(c1)CC(N1CCc3nc(-c4ccccc4F)[nH]c3C1)CC2. The highest BCUT2D eigenvalue weighted by molar-refractivity contribution is 5.57. The van der Waals surface area contributed by atoms with E-state index in [1.807, 2.05) is 6.07 Å². The van der Waals surface area contributed by atoms with Crippen molar-refractivity contribution in [3.8, 4) is 17.1 Å². The fourth-order valence-electron chi connectivity index (χ4n) is 4.56. The third kappa shape index (κ3) is 3.10. The van der Waals surface area contributed by atoms with Crippen molar-refractivity contribution < 1.29 is 9.13 Å². The summed E-state index contributed by atoms with van der Waals surface area (Å²) in [6.45, 7) is 1.85. The van der Waals surface area contributed by atoms with Crippen molar-refractivity contribution in [2.24, 2.45) is 0 Å². The molecule has 144 valence electrons. The minimum Gasteiger partial charge on any atom is -0.497 e. The fourth-order valence-corrected chi connectivity index (χ4v) is 4.56. The molecule has 1 aliphatic carbocycles. The summed E-state index contributed by atoms with van der Waals surface area (Å²) in [5.41, 5.74) is 5.59. The molecule has 1 N–H and O–H groups in total. The molecule has 3 aromatic rings. The van der Waals surface area contributed by atoms with E-state index >= 15 is 0 Å².